The van der Waals surface area contributed by atoms with E-state index in [-0.39, 0.29) is 29.7 Å². The van der Waals surface area contributed by atoms with Crippen LogP contribution in [0.1, 0.15) is 51.5 Å². The number of Topliss-reactive ketones (excluding diaryl/α,β-unsaturated/α-hetero) is 1. The Labute approximate surface area is 154 Å². The topological polar surface area (TPSA) is 57.6 Å². The quantitative estimate of drug-likeness (QED) is 0.876. The lowest BCUT2D eigenvalue weighted by atomic mass is 9.77. The molecule has 3 rings (SSSR count). The number of halogens is 1. The maximum absolute atomic E-state index is 13.0. The van der Waals surface area contributed by atoms with Crippen LogP contribution in [0.4, 0.5) is 0 Å². The Morgan fingerprint density at radius 3 is 2.36 bits per heavy atom. The molecule has 1 aromatic carbocycles. The normalized spacial score (nSPS) is 33.4. The van der Waals surface area contributed by atoms with E-state index in [1.54, 1.807) is 12.1 Å². The number of aliphatic hydroxyl groups is 1. The van der Waals surface area contributed by atoms with Crippen LogP contribution < -0.4 is 0 Å². The number of ketones is 1. The van der Waals surface area contributed by atoms with E-state index in [0.717, 1.165) is 5.56 Å². The lowest BCUT2D eigenvalue weighted by Gasteiger charge is -2.48. The van der Waals surface area contributed by atoms with Gasteiger partial charge in [-0.15, -0.1) is 0 Å². The van der Waals surface area contributed by atoms with Crippen molar-refractivity contribution in [3.8, 4) is 0 Å². The summed E-state index contributed by atoms with van der Waals surface area (Å²) >= 11 is 5.95. The van der Waals surface area contributed by atoms with Gasteiger partial charge in [-0.1, -0.05) is 23.7 Å². The summed E-state index contributed by atoms with van der Waals surface area (Å²) in [5.41, 5.74) is -0.131. The molecule has 2 fully saturated rings. The van der Waals surface area contributed by atoms with E-state index >= 15 is 0 Å². The zero-order valence-corrected chi connectivity index (χ0v) is 15.5. The Balaban J connectivity index is 1.76. The van der Waals surface area contributed by atoms with Crippen LogP contribution >= 0.6 is 11.6 Å². The first-order chi connectivity index (χ1) is 11.8. The Morgan fingerprint density at radius 1 is 1.20 bits per heavy atom. The molecular formula is C20H25ClNO3. The van der Waals surface area contributed by atoms with Crippen molar-refractivity contribution in [2.75, 3.05) is 0 Å². The molecule has 3 unspecified atom stereocenters. The van der Waals surface area contributed by atoms with Crippen LogP contribution in [0, 0.1) is 12.3 Å². The molecule has 25 heavy (non-hydrogen) atoms. The van der Waals surface area contributed by atoms with Gasteiger partial charge in [-0.05, 0) is 44.4 Å². The smallest absolute Gasteiger partial charge is 0.226 e. The monoisotopic (exact) mass is 362 g/mol. The molecule has 5 heteroatoms. The number of carbonyl (C=O) groups is 2. The van der Waals surface area contributed by atoms with Gasteiger partial charge in [0.15, 0.2) is 0 Å². The number of piperidine rings is 1. The Morgan fingerprint density at radius 2 is 1.80 bits per heavy atom. The fourth-order valence-electron chi connectivity index (χ4n) is 4.38. The molecule has 0 spiro atoms. The summed E-state index contributed by atoms with van der Waals surface area (Å²) in [6.45, 7) is 3.94. The Bertz CT molecular complexity index is 645. The van der Waals surface area contributed by atoms with Crippen molar-refractivity contribution in [1.82, 2.24) is 4.90 Å². The van der Waals surface area contributed by atoms with Gasteiger partial charge in [0.1, 0.15) is 5.78 Å². The molecular weight excluding hydrogens is 338 g/mol. The average molecular weight is 363 g/mol. The molecule has 4 atom stereocenters. The van der Waals surface area contributed by atoms with E-state index in [4.69, 9.17) is 11.6 Å². The first-order valence-corrected chi connectivity index (χ1v) is 9.33. The lowest BCUT2D eigenvalue weighted by molar-refractivity contribution is -0.150. The highest BCUT2D eigenvalue weighted by atomic mass is 35.5. The molecule has 1 aromatic rings. The second kappa shape index (κ2) is 7.08. The summed E-state index contributed by atoms with van der Waals surface area (Å²) in [4.78, 5) is 26.5. The van der Waals surface area contributed by atoms with Crippen LogP contribution in [0.15, 0.2) is 24.3 Å². The molecule has 1 heterocycles. The lowest BCUT2D eigenvalue weighted by Crippen LogP contribution is -2.56. The van der Waals surface area contributed by atoms with E-state index in [2.05, 4.69) is 0 Å². The van der Waals surface area contributed by atoms with Crippen LogP contribution in [0.2, 0.25) is 5.02 Å². The van der Waals surface area contributed by atoms with E-state index in [1.807, 2.05) is 37.3 Å². The molecule has 135 valence electrons. The van der Waals surface area contributed by atoms with E-state index in [0.29, 0.717) is 37.1 Å². The molecule has 1 aliphatic carbocycles. The number of rotatable bonds is 2. The van der Waals surface area contributed by atoms with Gasteiger partial charge >= 0.3 is 0 Å². The van der Waals surface area contributed by atoms with Crippen LogP contribution in [-0.2, 0) is 15.2 Å². The summed E-state index contributed by atoms with van der Waals surface area (Å²) in [5, 5.41) is 11.8. The molecule has 1 radical (unpaired) electrons. The largest absolute Gasteiger partial charge is 0.385 e. The standard InChI is InChI=1S/C20H25ClNO3/c1-13-11-20(25,16-6-8-17(21)9-7-16)12-14(2)22(13)19(24)15-4-3-5-18(23)10-15/h4,6-9,13-15,25H,3,5,10-12H2,1-2H3/t13-,14?,15?,20?/m0/s1. The van der Waals surface area contributed by atoms with Gasteiger partial charge < -0.3 is 10.0 Å². The van der Waals surface area contributed by atoms with Gasteiger partial charge in [-0.25, -0.2) is 0 Å². The van der Waals surface area contributed by atoms with E-state index in [9.17, 15) is 14.7 Å². The predicted molar refractivity (Wildman–Crippen MR) is 97.0 cm³/mol. The van der Waals surface area contributed by atoms with Crippen molar-refractivity contribution in [3.63, 3.8) is 0 Å². The summed E-state index contributed by atoms with van der Waals surface area (Å²) < 4.78 is 0. The van der Waals surface area contributed by atoms with Crippen LogP contribution in [0.25, 0.3) is 0 Å². The van der Waals surface area contributed by atoms with Crippen molar-refractivity contribution in [1.29, 1.82) is 0 Å². The fraction of sp³-hybridized carbons (Fsp3) is 0.550. The number of benzene rings is 1. The van der Waals surface area contributed by atoms with Gasteiger partial charge in [0, 0.05) is 48.7 Å². The first-order valence-electron chi connectivity index (χ1n) is 8.96. The molecule has 1 saturated heterocycles. The molecule has 4 nitrogen and oxygen atoms in total. The number of amides is 1. The van der Waals surface area contributed by atoms with Crippen molar-refractivity contribution in [2.24, 2.45) is 5.92 Å². The van der Waals surface area contributed by atoms with Gasteiger partial charge in [0.2, 0.25) is 5.91 Å². The highest BCUT2D eigenvalue weighted by Crippen LogP contribution is 2.40. The van der Waals surface area contributed by atoms with Crippen LogP contribution in [0.3, 0.4) is 0 Å². The van der Waals surface area contributed by atoms with Crippen molar-refractivity contribution in [2.45, 2.75) is 63.6 Å². The fourth-order valence-corrected chi connectivity index (χ4v) is 4.50. The zero-order valence-electron chi connectivity index (χ0n) is 14.7. The van der Waals surface area contributed by atoms with Gasteiger partial charge in [-0.3, -0.25) is 9.59 Å². The van der Waals surface area contributed by atoms with Gasteiger partial charge in [-0.2, -0.15) is 0 Å². The van der Waals surface area contributed by atoms with Crippen molar-refractivity contribution in [3.05, 3.63) is 41.3 Å². The Hall–Kier alpha value is -1.39. The molecule has 1 aliphatic heterocycles. The van der Waals surface area contributed by atoms with E-state index in [1.165, 1.54) is 0 Å². The summed E-state index contributed by atoms with van der Waals surface area (Å²) in [6, 6.07) is 7.08. The molecule has 0 bridgehead atoms. The predicted octanol–water partition coefficient (Wildman–Crippen LogP) is 3.50. The number of hydrogen-bond donors (Lipinski definition) is 1. The molecule has 0 aromatic heterocycles. The molecule has 1 N–H and O–H groups in total. The second-order valence-corrected chi connectivity index (χ2v) is 7.95. The summed E-state index contributed by atoms with van der Waals surface area (Å²) in [5.74, 6) is -0.130. The number of likely N-dealkylation sites (tertiary alicyclic amines) is 1. The maximum Gasteiger partial charge on any atom is 0.226 e. The maximum atomic E-state index is 13.0. The number of carbonyl (C=O) groups excluding carboxylic acids is 2. The Kier molecular flexibility index (Phi) is 5.21. The zero-order chi connectivity index (χ0) is 18.2. The van der Waals surface area contributed by atoms with Crippen molar-refractivity contribution < 1.29 is 14.7 Å². The van der Waals surface area contributed by atoms with Crippen LogP contribution in [0.5, 0.6) is 0 Å². The first kappa shape index (κ1) is 18.4. The molecule has 2 aliphatic rings. The minimum atomic E-state index is -0.966. The van der Waals surface area contributed by atoms with Crippen molar-refractivity contribution >= 4 is 23.3 Å². The highest BCUT2D eigenvalue weighted by Gasteiger charge is 2.44. The molecule has 1 saturated carbocycles. The summed E-state index contributed by atoms with van der Waals surface area (Å²) in [6.07, 6.45) is 4.47. The van der Waals surface area contributed by atoms with Gasteiger partial charge in [0.25, 0.3) is 0 Å². The summed E-state index contributed by atoms with van der Waals surface area (Å²) in [7, 11) is 0. The number of hydrogen-bond acceptors (Lipinski definition) is 3. The average Bonchev–Trinajstić information content (AvgIpc) is 2.54. The van der Waals surface area contributed by atoms with Gasteiger partial charge in [0.05, 0.1) is 5.60 Å². The third-order valence-corrected chi connectivity index (χ3v) is 5.74. The second-order valence-electron chi connectivity index (χ2n) is 7.51. The highest BCUT2D eigenvalue weighted by molar-refractivity contribution is 6.30. The SMILES string of the molecule is CC1CC(O)(c2ccc(Cl)cc2)C[C@H](C)N1C(=O)C1[CH]CCC(=O)C1. The van der Waals surface area contributed by atoms with Crippen LogP contribution in [-0.4, -0.2) is 33.8 Å². The molecule has 1 amide bonds. The van der Waals surface area contributed by atoms with E-state index < -0.39 is 5.60 Å². The third-order valence-electron chi connectivity index (χ3n) is 5.49. The minimum absolute atomic E-state index is 0.0196. The number of nitrogens with zero attached hydrogens (tertiary/aromatic N) is 1. The third kappa shape index (κ3) is 3.75. The minimum Gasteiger partial charge on any atom is -0.385 e.